The quantitative estimate of drug-likeness (QED) is 0.779. The third kappa shape index (κ3) is 1.82. The Labute approximate surface area is 84.0 Å². The second kappa shape index (κ2) is 3.63. The number of aromatic carboxylic acids is 2. The summed E-state index contributed by atoms with van der Waals surface area (Å²) in [5, 5.41) is 17.3. The molecular formula is C8H6ClNO4. The van der Waals surface area contributed by atoms with E-state index in [4.69, 9.17) is 21.8 Å². The second-order valence-electron chi connectivity index (χ2n) is 2.58. The van der Waals surface area contributed by atoms with Gasteiger partial charge in [0.1, 0.15) is 5.56 Å². The topological polar surface area (TPSA) is 87.5 Å². The maximum Gasteiger partial charge on any atom is 0.355 e. The highest BCUT2D eigenvalue weighted by atomic mass is 35.5. The van der Waals surface area contributed by atoms with Crippen LogP contribution < -0.4 is 0 Å². The molecule has 0 fully saturated rings. The molecule has 1 rings (SSSR count). The number of halogens is 1. The van der Waals surface area contributed by atoms with E-state index >= 15 is 0 Å². The number of hydrogen-bond donors (Lipinski definition) is 2. The summed E-state index contributed by atoms with van der Waals surface area (Å²) in [6, 6.07) is 1.30. The molecule has 0 spiro atoms. The summed E-state index contributed by atoms with van der Waals surface area (Å²) in [6.45, 7) is 1.53. The zero-order valence-corrected chi connectivity index (χ0v) is 7.87. The highest BCUT2D eigenvalue weighted by molar-refractivity contribution is 6.34. The minimum absolute atomic E-state index is 0.123. The van der Waals surface area contributed by atoms with Crippen LogP contribution in [0.25, 0.3) is 0 Å². The van der Waals surface area contributed by atoms with E-state index in [1.807, 2.05) is 0 Å². The smallest absolute Gasteiger partial charge is 0.355 e. The van der Waals surface area contributed by atoms with Gasteiger partial charge in [0.25, 0.3) is 0 Å². The Morgan fingerprint density at radius 2 is 1.93 bits per heavy atom. The fourth-order valence-corrected chi connectivity index (χ4v) is 1.32. The van der Waals surface area contributed by atoms with Gasteiger partial charge in [0, 0.05) is 5.69 Å². The molecule has 1 heterocycles. The van der Waals surface area contributed by atoms with Gasteiger partial charge < -0.3 is 10.2 Å². The minimum atomic E-state index is -1.41. The Bertz CT molecular complexity index is 416. The zero-order valence-electron chi connectivity index (χ0n) is 7.11. The minimum Gasteiger partial charge on any atom is -0.478 e. The predicted octanol–water partition coefficient (Wildman–Crippen LogP) is 1.44. The molecule has 1 aromatic heterocycles. The fourth-order valence-electron chi connectivity index (χ4n) is 0.991. The predicted molar refractivity (Wildman–Crippen MR) is 47.9 cm³/mol. The Kier molecular flexibility index (Phi) is 2.71. The summed E-state index contributed by atoms with van der Waals surface area (Å²) >= 11 is 5.59. The van der Waals surface area contributed by atoms with E-state index in [1.165, 1.54) is 13.0 Å². The van der Waals surface area contributed by atoms with Gasteiger partial charge in [-0.2, -0.15) is 0 Å². The third-order valence-electron chi connectivity index (χ3n) is 1.52. The summed E-state index contributed by atoms with van der Waals surface area (Å²) in [4.78, 5) is 24.9. The molecule has 0 atom stereocenters. The Morgan fingerprint density at radius 3 is 2.36 bits per heavy atom. The van der Waals surface area contributed by atoms with E-state index < -0.39 is 23.2 Å². The average Bonchev–Trinajstić information content (AvgIpc) is 2.01. The van der Waals surface area contributed by atoms with Crippen LogP contribution >= 0.6 is 11.6 Å². The van der Waals surface area contributed by atoms with E-state index in [-0.39, 0.29) is 5.02 Å². The van der Waals surface area contributed by atoms with Gasteiger partial charge in [-0.25, -0.2) is 14.6 Å². The lowest BCUT2D eigenvalue weighted by Gasteiger charge is -2.03. The van der Waals surface area contributed by atoms with E-state index in [9.17, 15) is 9.59 Å². The molecule has 1 aromatic rings. The van der Waals surface area contributed by atoms with E-state index in [1.54, 1.807) is 0 Å². The van der Waals surface area contributed by atoms with Crippen molar-refractivity contribution >= 4 is 23.5 Å². The summed E-state index contributed by atoms with van der Waals surface area (Å²) < 4.78 is 0. The van der Waals surface area contributed by atoms with Gasteiger partial charge in [-0.1, -0.05) is 11.6 Å². The highest BCUT2D eigenvalue weighted by Crippen LogP contribution is 2.19. The van der Waals surface area contributed by atoms with E-state index in [0.717, 1.165) is 0 Å². The normalized spacial score (nSPS) is 9.86. The van der Waals surface area contributed by atoms with Crippen molar-refractivity contribution in [3.63, 3.8) is 0 Å². The van der Waals surface area contributed by atoms with Gasteiger partial charge in [0.2, 0.25) is 0 Å². The SMILES string of the molecule is Cc1cc(Cl)c(C(=O)O)c(C(=O)O)n1. The number of pyridine rings is 1. The average molecular weight is 216 g/mol. The van der Waals surface area contributed by atoms with Crippen molar-refractivity contribution < 1.29 is 19.8 Å². The Morgan fingerprint density at radius 1 is 1.36 bits per heavy atom. The van der Waals surface area contributed by atoms with Gasteiger partial charge >= 0.3 is 11.9 Å². The number of nitrogens with zero attached hydrogens (tertiary/aromatic N) is 1. The molecule has 2 N–H and O–H groups in total. The molecule has 14 heavy (non-hydrogen) atoms. The largest absolute Gasteiger partial charge is 0.478 e. The van der Waals surface area contributed by atoms with Crippen LogP contribution in [0.15, 0.2) is 6.07 Å². The molecule has 0 aliphatic carbocycles. The molecule has 0 unspecified atom stereocenters. The van der Waals surface area contributed by atoms with Crippen molar-refractivity contribution in [1.82, 2.24) is 4.98 Å². The van der Waals surface area contributed by atoms with Crippen molar-refractivity contribution in [2.24, 2.45) is 0 Å². The number of aryl methyl sites for hydroxylation is 1. The lowest BCUT2D eigenvalue weighted by atomic mass is 10.1. The number of carboxylic acid groups (broad SMARTS) is 2. The van der Waals surface area contributed by atoms with Crippen molar-refractivity contribution in [3.8, 4) is 0 Å². The maximum atomic E-state index is 10.7. The van der Waals surface area contributed by atoms with Crippen LogP contribution in [-0.4, -0.2) is 27.1 Å². The maximum absolute atomic E-state index is 10.7. The molecule has 5 nitrogen and oxygen atoms in total. The Balaban J connectivity index is 3.52. The first-order valence-electron chi connectivity index (χ1n) is 3.57. The number of carboxylic acids is 2. The Hall–Kier alpha value is -1.62. The zero-order chi connectivity index (χ0) is 10.9. The highest BCUT2D eigenvalue weighted by Gasteiger charge is 2.21. The van der Waals surface area contributed by atoms with Crippen LogP contribution in [0, 0.1) is 6.92 Å². The van der Waals surface area contributed by atoms with Crippen molar-refractivity contribution in [2.45, 2.75) is 6.92 Å². The standard InChI is InChI=1S/C8H6ClNO4/c1-3-2-4(9)5(7(11)12)6(10-3)8(13)14/h2H,1H3,(H,11,12)(H,13,14). The molecule has 0 saturated heterocycles. The van der Waals surface area contributed by atoms with Crippen molar-refractivity contribution in [2.75, 3.05) is 0 Å². The fraction of sp³-hybridized carbons (Fsp3) is 0.125. The van der Waals surface area contributed by atoms with Gasteiger partial charge in [-0.3, -0.25) is 0 Å². The first kappa shape index (κ1) is 10.5. The summed E-state index contributed by atoms with van der Waals surface area (Å²) in [5.74, 6) is -2.81. The molecule has 74 valence electrons. The summed E-state index contributed by atoms with van der Waals surface area (Å²) in [5.41, 5.74) is -0.662. The molecule has 0 bridgehead atoms. The van der Waals surface area contributed by atoms with Crippen molar-refractivity contribution in [1.29, 1.82) is 0 Å². The monoisotopic (exact) mass is 215 g/mol. The van der Waals surface area contributed by atoms with Crippen LogP contribution in [-0.2, 0) is 0 Å². The third-order valence-corrected chi connectivity index (χ3v) is 1.81. The van der Waals surface area contributed by atoms with Gasteiger partial charge in [-0.15, -0.1) is 0 Å². The van der Waals surface area contributed by atoms with Gasteiger partial charge in [0.05, 0.1) is 5.02 Å². The molecule has 0 amide bonds. The summed E-state index contributed by atoms with van der Waals surface area (Å²) in [6.07, 6.45) is 0. The van der Waals surface area contributed by atoms with E-state index in [2.05, 4.69) is 4.98 Å². The number of hydrogen-bond acceptors (Lipinski definition) is 3. The van der Waals surface area contributed by atoms with Crippen molar-refractivity contribution in [3.05, 3.63) is 28.0 Å². The molecule has 0 aliphatic heterocycles. The van der Waals surface area contributed by atoms with Crippen LogP contribution in [0.3, 0.4) is 0 Å². The molecule has 0 aromatic carbocycles. The molecular weight excluding hydrogens is 210 g/mol. The van der Waals surface area contributed by atoms with Crippen LogP contribution in [0.1, 0.15) is 26.5 Å². The summed E-state index contributed by atoms with van der Waals surface area (Å²) in [7, 11) is 0. The number of rotatable bonds is 2. The lowest BCUT2D eigenvalue weighted by Crippen LogP contribution is -2.12. The van der Waals surface area contributed by atoms with Crippen LogP contribution in [0.2, 0.25) is 5.02 Å². The first-order valence-corrected chi connectivity index (χ1v) is 3.95. The van der Waals surface area contributed by atoms with Gasteiger partial charge in [0.15, 0.2) is 5.69 Å². The van der Waals surface area contributed by atoms with Crippen LogP contribution in [0.4, 0.5) is 0 Å². The molecule has 0 radical (unpaired) electrons. The van der Waals surface area contributed by atoms with E-state index in [0.29, 0.717) is 5.69 Å². The molecule has 0 saturated carbocycles. The second-order valence-corrected chi connectivity index (χ2v) is 2.99. The van der Waals surface area contributed by atoms with Gasteiger partial charge in [-0.05, 0) is 13.0 Å². The molecule has 0 aliphatic rings. The van der Waals surface area contributed by atoms with Crippen LogP contribution in [0.5, 0.6) is 0 Å². The number of aromatic nitrogens is 1. The first-order chi connectivity index (χ1) is 6.43. The lowest BCUT2D eigenvalue weighted by molar-refractivity contribution is 0.0646. The number of carbonyl (C=O) groups is 2. The molecule has 6 heteroatoms.